The van der Waals surface area contributed by atoms with Crippen molar-refractivity contribution in [1.29, 1.82) is 0 Å². The van der Waals surface area contributed by atoms with Gasteiger partial charge in [-0.2, -0.15) is 5.10 Å². The maximum Gasteiger partial charge on any atom is 0.251 e. The first-order valence-corrected chi connectivity index (χ1v) is 5.48. The highest BCUT2D eigenvalue weighted by atomic mass is 15.4. The fourth-order valence-corrected chi connectivity index (χ4v) is 1.72. The zero-order chi connectivity index (χ0) is 11.7. The molecule has 0 aromatic carbocycles. The second-order valence-corrected chi connectivity index (χ2v) is 3.99. The highest BCUT2D eigenvalue weighted by molar-refractivity contribution is 5.22. The molecule has 2 aromatic rings. The summed E-state index contributed by atoms with van der Waals surface area (Å²) in [5, 5.41) is 4.47. The van der Waals surface area contributed by atoms with Crippen LogP contribution in [0.3, 0.4) is 0 Å². The van der Waals surface area contributed by atoms with E-state index in [2.05, 4.69) is 28.1 Å². The predicted molar refractivity (Wildman–Crippen MR) is 62.7 cm³/mol. The summed E-state index contributed by atoms with van der Waals surface area (Å²) in [4.78, 5) is 8.80. The van der Waals surface area contributed by atoms with Gasteiger partial charge < -0.3 is 0 Å². The van der Waals surface area contributed by atoms with E-state index in [1.807, 2.05) is 26.8 Å². The van der Waals surface area contributed by atoms with Crippen molar-refractivity contribution < 1.29 is 0 Å². The Morgan fingerprint density at radius 2 is 1.69 bits per heavy atom. The summed E-state index contributed by atoms with van der Waals surface area (Å²) in [6.07, 6.45) is 0.929. The Kier molecular flexibility index (Phi) is 2.73. The molecule has 4 heteroatoms. The van der Waals surface area contributed by atoms with Crippen LogP contribution < -0.4 is 0 Å². The summed E-state index contributed by atoms with van der Waals surface area (Å²) in [6, 6.07) is 4.03. The third kappa shape index (κ3) is 1.96. The number of nitrogens with zero attached hydrogens (tertiary/aromatic N) is 4. The van der Waals surface area contributed by atoms with Gasteiger partial charge in [-0.1, -0.05) is 6.92 Å². The molecule has 0 saturated heterocycles. The lowest BCUT2D eigenvalue weighted by molar-refractivity contribution is 0.755. The summed E-state index contributed by atoms with van der Waals surface area (Å²) in [7, 11) is 0. The van der Waals surface area contributed by atoms with Crippen LogP contribution >= 0.6 is 0 Å². The van der Waals surface area contributed by atoms with Gasteiger partial charge in [0.15, 0.2) is 0 Å². The molecule has 0 amide bonds. The van der Waals surface area contributed by atoms with E-state index in [0.717, 1.165) is 29.2 Å². The third-order valence-electron chi connectivity index (χ3n) is 2.46. The van der Waals surface area contributed by atoms with Gasteiger partial charge >= 0.3 is 0 Å². The van der Waals surface area contributed by atoms with Crippen LogP contribution in [0.25, 0.3) is 5.95 Å². The van der Waals surface area contributed by atoms with Crippen molar-refractivity contribution in [2.45, 2.75) is 34.1 Å². The molecule has 4 nitrogen and oxygen atoms in total. The molecule has 0 radical (unpaired) electrons. The first-order chi connectivity index (χ1) is 7.60. The quantitative estimate of drug-likeness (QED) is 0.772. The Bertz CT molecular complexity index is 493. The van der Waals surface area contributed by atoms with Crippen LogP contribution in [0.4, 0.5) is 0 Å². The molecule has 0 bridgehead atoms. The second-order valence-electron chi connectivity index (χ2n) is 3.99. The van der Waals surface area contributed by atoms with Gasteiger partial charge in [0.25, 0.3) is 5.95 Å². The average Bonchev–Trinajstić information content (AvgIpc) is 2.58. The third-order valence-corrected chi connectivity index (χ3v) is 2.46. The molecule has 0 N–H and O–H groups in total. The Labute approximate surface area is 95.4 Å². The van der Waals surface area contributed by atoms with E-state index in [1.165, 1.54) is 0 Å². The largest absolute Gasteiger partial charge is 0.251 e. The normalized spacial score (nSPS) is 10.8. The molecule has 0 aliphatic heterocycles. The molecule has 2 aromatic heterocycles. The van der Waals surface area contributed by atoms with E-state index in [0.29, 0.717) is 5.95 Å². The molecule has 0 aliphatic carbocycles. The minimum atomic E-state index is 0.662. The van der Waals surface area contributed by atoms with E-state index in [-0.39, 0.29) is 0 Å². The van der Waals surface area contributed by atoms with Crippen molar-refractivity contribution in [3.05, 3.63) is 34.9 Å². The summed E-state index contributed by atoms with van der Waals surface area (Å²) in [6.45, 7) is 8.05. The second kappa shape index (κ2) is 4.04. The van der Waals surface area contributed by atoms with Crippen molar-refractivity contribution in [2.75, 3.05) is 0 Å². The molecule has 2 heterocycles. The Morgan fingerprint density at radius 1 is 1.06 bits per heavy atom. The lowest BCUT2D eigenvalue weighted by Crippen LogP contribution is -2.07. The van der Waals surface area contributed by atoms with Crippen molar-refractivity contribution in [2.24, 2.45) is 0 Å². The predicted octanol–water partition coefficient (Wildman–Crippen LogP) is 2.15. The van der Waals surface area contributed by atoms with Gasteiger partial charge in [0.05, 0.1) is 5.69 Å². The number of rotatable bonds is 2. The Balaban J connectivity index is 2.53. The van der Waals surface area contributed by atoms with Crippen LogP contribution in [0.15, 0.2) is 12.1 Å². The van der Waals surface area contributed by atoms with Crippen molar-refractivity contribution >= 4 is 0 Å². The van der Waals surface area contributed by atoms with E-state index in [9.17, 15) is 0 Å². The fourth-order valence-electron chi connectivity index (χ4n) is 1.72. The van der Waals surface area contributed by atoms with Crippen molar-refractivity contribution in [3.8, 4) is 5.95 Å². The highest BCUT2D eigenvalue weighted by Gasteiger charge is 2.08. The Morgan fingerprint density at radius 3 is 2.19 bits per heavy atom. The van der Waals surface area contributed by atoms with Crippen LogP contribution in [0, 0.1) is 20.8 Å². The van der Waals surface area contributed by atoms with E-state index < -0.39 is 0 Å². The van der Waals surface area contributed by atoms with Crippen molar-refractivity contribution in [1.82, 2.24) is 19.7 Å². The van der Waals surface area contributed by atoms with E-state index >= 15 is 0 Å². The molecule has 0 atom stereocenters. The first-order valence-electron chi connectivity index (χ1n) is 5.48. The topological polar surface area (TPSA) is 43.6 Å². The summed E-state index contributed by atoms with van der Waals surface area (Å²) >= 11 is 0. The van der Waals surface area contributed by atoms with Gasteiger partial charge in [0.1, 0.15) is 0 Å². The molecule has 84 valence electrons. The number of aryl methyl sites for hydroxylation is 4. The van der Waals surface area contributed by atoms with Gasteiger partial charge in [-0.05, 0) is 39.3 Å². The smallest absolute Gasteiger partial charge is 0.216 e. The van der Waals surface area contributed by atoms with Gasteiger partial charge in [-0.15, -0.1) is 0 Å². The van der Waals surface area contributed by atoms with Crippen molar-refractivity contribution in [3.63, 3.8) is 0 Å². The summed E-state index contributed by atoms with van der Waals surface area (Å²) in [5.41, 5.74) is 4.08. The Hall–Kier alpha value is -1.71. The molecule has 0 unspecified atom stereocenters. The standard InChI is InChI=1S/C12H16N4/c1-5-11-7-10(4)16(15-11)12-13-8(2)6-9(3)14-12/h6-7H,5H2,1-4H3. The number of aromatic nitrogens is 4. The summed E-state index contributed by atoms with van der Waals surface area (Å²) < 4.78 is 1.80. The van der Waals surface area contributed by atoms with Gasteiger partial charge in [-0.3, -0.25) is 0 Å². The van der Waals surface area contributed by atoms with Gasteiger partial charge in [0.2, 0.25) is 0 Å². The fraction of sp³-hybridized carbons (Fsp3) is 0.417. The summed E-state index contributed by atoms with van der Waals surface area (Å²) in [5.74, 6) is 0.662. The maximum atomic E-state index is 4.47. The number of hydrogen-bond acceptors (Lipinski definition) is 3. The lowest BCUT2D eigenvalue weighted by Gasteiger charge is -2.04. The van der Waals surface area contributed by atoms with Crippen LogP contribution in [0.1, 0.15) is 29.7 Å². The highest BCUT2D eigenvalue weighted by Crippen LogP contribution is 2.10. The minimum Gasteiger partial charge on any atom is -0.216 e. The molecular formula is C12H16N4. The van der Waals surface area contributed by atoms with Gasteiger partial charge in [-0.25, -0.2) is 14.6 Å². The van der Waals surface area contributed by atoms with Crippen LogP contribution in [0.5, 0.6) is 0 Å². The zero-order valence-corrected chi connectivity index (χ0v) is 10.2. The molecule has 0 spiro atoms. The number of hydrogen-bond donors (Lipinski definition) is 0. The van der Waals surface area contributed by atoms with Crippen LogP contribution in [-0.4, -0.2) is 19.7 Å². The monoisotopic (exact) mass is 216 g/mol. The van der Waals surface area contributed by atoms with E-state index in [4.69, 9.17) is 0 Å². The average molecular weight is 216 g/mol. The zero-order valence-electron chi connectivity index (χ0n) is 10.2. The van der Waals surface area contributed by atoms with Crippen LogP contribution in [0.2, 0.25) is 0 Å². The van der Waals surface area contributed by atoms with E-state index in [1.54, 1.807) is 4.68 Å². The SMILES string of the molecule is CCc1cc(C)n(-c2nc(C)cc(C)n2)n1. The maximum absolute atomic E-state index is 4.47. The molecule has 0 fully saturated rings. The molecule has 16 heavy (non-hydrogen) atoms. The lowest BCUT2D eigenvalue weighted by atomic mass is 10.3. The molecule has 0 aliphatic rings. The molecular weight excluding hydrogens is 200 g/mol. The minimum absolute atomic E-state index is 0.662. The molecule has 2 rings (SSSR count). The molecule has 0 saturated carbocycles. The first kappa shape index (κ1) is 10.8. The van der Waals surface area contributed by atoms with Crippen LogP contribution in [-0.2, 0) is 6.42 Å². The van der Waals surface area contributed by atoms with Gasteiger partial charge in [0, 0.05) is 17.1 Å².